The Hall–Kier alpha value is -2.30. The van der Waals surface area contributed by atoms with Crippen molar-refractivity contribution in [3.8, 4) is 5.75 Å². The van der Waals surface area contributed by atoms with Crippen molar-refractivity contribution < 1.29 is 4.74 Å². The van der Waals surface area contributed by atoms with Crippen LogP contribution in [0.3, 0.4) is 0 Å². The highest BCUT2D eigenvalue weighted by Crippen LogP contribution is 2.29. The van der Waals surface area contributed by atoms with E-state index in [1.54, 1.807) is 0 Å². The molecule has 1 saturated heterocycles. The fourth-order valence-electron chi connectivity index (χ4n) is 3.53. The molecule has 120 valence electrons. The smallest absolute Gasteiger partial charge is 0.222 e. The van der Waals surface area contributed by atoms with Gasteiger partial charge in [-0.25, -0.2) is 4.98 Å². The molecule has 2 aliphatic rings. The molecular formula is C18H22N4O. The van der Waals surface area contributed by atoms with E-state index in [-0.39, 0.29) is 0 Å². The molecule has 5 heteroatoms. The fourth-order valence-corrected chi connectivity index (χ4v) is 3.53. The fraction of sp³-hybridized carbons (Fsp3) is 0.444. The summed E-state index contributed by atoms with van der Waals surface area (Å²) in [4.78, 5) is 11.1. The van der Waals surface area contributed by atoms with E-state index in [0.717, 1.165) is 49.8 Å². The van der Waals surface area contributed by atoms with Crippen LogP contribution in [0.4, 0.5) is 11.8 Å². The number of fused-ring (bicyclic) bond motifs is 1. The molecule has 23 heavy (non-hydrogen) atoms. The highest BCUT2D eigenvalue weighted by molar-refractivity contribution is 5.44. The van der Waals surface area contributed by atoms with E-state index in [4.69, 9.17) is 10.5 Å². The van der Waals surface area contributed by atoms with Gasteiger partial charge < -0.3 is 15.4 Å². The largest absolute Gasteiger partial charge is 0.493 e. The summed E-state index contributed by atoms with van der Waals surface area (Å²) in [5, 5.41) is 0. The first-order valence-electron chi connectivity index (χ1n) is 8.37. The first-order valence-corrected chi connectivity index (χ1v) is 8.37. The van der Waals surface area contributed by atoms with E-state index in [2.05, 4.69) is 33.1 Å². The van der Waals surface area contributed by atoms with Crippen LogP contribution in [0.5, 0.6) is 5.75 Å². The number of hydrogen-bond acceptors (Lipinski definition) is 5. The van der Waals surface area contributed by atoms with Crippen molar-refractivity contribution >= 4 is 11.8 Å². The molecule has 0 amide bonds. The second-order valence-corrected chi connectivity index (χ2v) is 6.46. The van der Waals surface area contributed by atoms with Gasteiger partial charge >= 0.3 is 0 Å². The van der Waals surface area contributed by atoms with E-state index in [9.17, 15) is 0 Å². The lowest BCUT2D eigenvalue weighted by Gasteiger charge is -2.25. The standard InChI is InChI=1S/C18H22N4O/c19-18-20-15(11-17(21-18)22-7-3-4-8-22)10-13-9-14-5-1-2-6-16(14)23-12-13/h1-2,5-6,11,13H,3-4,7-10,12H2,(H2,19,20,21)/t13-/m0/s1. The second-order valence-electron chi connectivity index (χ2n) is 6.46. The predicted molar refractivity (Wildman–Crippen MR) is 90.7 cm³/mol. The number of nitrogens with two attached hydrogens (primary N) is 1. The van der Waals surface area contributed by atoms with Crippen molar-refractivity contribution in [2.75, 3.05) is 30.3 Å². The van der Waals surface area contributed by atoms with Gasteiger partial charge in [-0.15, -0.1) is 0 Å². The first-order chi connectivity index (χ1) is 11.3. The van der Waals surface area contributed by atoms with Gasteiger partial charge in [0, 0.05) is 30.8 Å². The van der Waals surface area contributed by atoms with Crippen LogP contribution in [-0.4, -0.2) is 29.7 Å². The van der Waals surface area contributed by atoms with E-state index < -0.39 is 0 Å². The number of para-hydroxylation sites is 1. The Morgan fingerprint density at radius 1 is 1.17 bits per heavy atom. The number of aromatic nitrogens is 2. The normalized spacial score (nSPS) is 20.2. The average Bonchev–Trinajstić information content (AvgIpc) is 3.09. The van der Waals surface area contributed by atoms with Crippen molar-refractivity contribution in [1.29, 1.82) is 0 Å². The van der Waals surface area contributed by atoms with Gasteiger partial charge in [-0.2, -0.15) is 4.98 Å². The maximum atomic E-state index is 5.93. The number of rotatable bonds is 3. The van der Waals surface area contributed by atoms with Gasteiger partial charge in [-0.1, -0.05) is 18.2 Å². The molecule has 3 heterocycles. The molecule has 1 aromatic heterocycles. The minimum atomic E-state index is 0.376. The number of benzene rings is 1. The zero-order valence-electron chi connectivity index (χ0n) is 13.2. The molecule has 2 aliphatic heterocycles. The molecule has 1 atom stereocenters. The van der Waals surface area contributed by atoms with Crippen molar-refractivity contribution in [3.63, 3.8) is 0 Å². The van der Waals surface area contributed by atoms with Crippen molar-refractivity contribution in [2.45, 2.75) is 25.7 Å². The topological polar surface area (TPSA) is 64.3 Å². The summed E-state index contributed by atoms with van der Waals surface area (Å²) in [6.45, 7) is 2.87. The third kappa shape index (κ3) is 3.09. The zero-order chi connectivity index (χ0) is 15.6. The highest BCUT2D eigenvalue weighted by Gasteiger charge is 2.22. The lowest BCUT2D eigenvalue weighted by molar-refractivity contribution is 0.220. The number of ether oxygens (including phenoxy) is 1. The predicted octanol–water partition coefficient (Wildman–Crippen LogP) is 2.45. The first kappa shape index (κ1) is 14.3. The maximum Gasteiger partial charge on any atom is 0.222 e. The van der Waals surface area contributed by atoms with E-state index >= 15 is 0 Å². The van der Waals surface area contributed by atoms with E-state index in [0.29, 0.717) is 11.9 Å². The Morgan fingerprint density at radius 2 is 2.00 bits per heavy atom. The molecule has 4 rings (SSSR count). The molecule has 0 radical (unpaired) electrons. The molecule has 2 aromatic rings. The van der Waals surface area contributed by atoms with Gasteiger partial charge in [0.05, 0.1) is 6.61 Å². The molecule has 1 aromatic carbocycles. The molecule has 1 fully saturated rings. The minimum absolute atomic E-state index is 0.376. The highest BCUT2D eigenvalue weighted by atomic mass is 16.5. The van der Waals surface area contributed by atoms with Crippen LogP contribution >= 0.6 is 0 Å². The third-order valence-corrected chi connectivity index (χ3v) is 4.67. The molecule has 0 saturated carbocycles. The van der Waals surface area contributed by atoms with Gasteiger partial charge in [0.1, 0.15) is 11.6 Å². The lowest BCUT2D eigenvalue weighted by atomic mass is 9.93. The maximum absolute atomic E-state index is 5.93. The SMILES string of the molecule is Nc1nc(C[C@H]2COc3ccccc3C2)cc(N2CCCC2)n1. The van der Waals surface area contributed by atoms with Gasteiger partial charge in [0.25, 0.3) is 0 Å². The van der Waals surface area contributed by atoms with Crippen LogP contribution in [0.25, 0.3) is 0 Å². The zero-order valence-corrected chi connectivity index (χ0v) is 13.2. The summed E-state index contributed by atoms with van der Waals surface area (Å²) >= 11 is 0. The monoisotopic (exact) mass is 310 g/mol. The van der Waals surface area contributed by atoms with Crippen molar-refractivity contribution in [2.24, 2.45) is 5.92 Å². The van der Waals surface area contributed by atoms with E-state index in [1.165, 1.54) is 18.4 Å². The van der Waals surface area contributed by atoms with Gasteiger partial charge in [0.15, 0.2) is 0 Å². The Labute approximate surface area is 136 Å². The third-order valence-electron chi connectivity index (χ3n) is 4.67. The quantitative estimate of drug-likeness (QED) is 0.943. The minimum Gasteiger partial charge on any atom is -0.493 e. The summed E-state index contributed by atoms with van der Waals surface area (Å²) in [6, 6.07) is 10.4. The van der Waals surface area contributed by atoms with Crippen LogP contribution in [0.2, 0.25) is 0 Å². The van der Waals surface area contributed by atoms with Gasteiger partial charge in [-0.05, 0) is 37.3 Å². The number of anilines is 2. The molecule has 0 spiro atoms. The van der Waals surface area contributed by atoms with E-state index in [1.807, 2.05) is 12.1 Å². The lowest BCUT2D eigenvalue weighted by Crippen LogP contribution is -2.24. The van der Waals surface area contributed by atoms with Gasteiger partial charge in [-0.3, -0.25) is 0 Å². The molecular weight excluding hydrogens is 288 g/mol. The van der Waals surface area contributed by atoms with Crippen LogP contribution in [0, 0.1) is 5.92 Å². The molecule has 5 nitrogen and oxygen atoms in total. The Kier molecular flexibility index (Phi) is 3.77. The van der Waals surface area contributed by atoms with Gasteiger partial charge in [0.2, 0.25) is 5.95 Å². The number of nitrogen functional groups attached to an aromatic ring is 1. The van der Waals surface area contributed by atoms with Crippen molar-refractivity contribution in [3.05, 3.63) is 41.6 Å². The summed E-state index contributed by atoms with van der Waals surface area (Å²) < 4.78 is 5.88. The summed E-state index contributed by atoms with van der Waals surface area (Å²) in [7, 11) is 0. The summed E-state index contributed by atoms with van der Waals surface area (Å²) in [5.74, 6) is 2.80. The average molecular weight is 310 g/mol. The second kappa shape index (κ2) is 6.07. The Bertz CT molecular complexity index is 697. The van der Waals surface area contributed by atoms with Crippen LogP contribution in [0.15, 0.2) is 30.3 Å². The summed E-state index contributed by atoms with van der Waals surface area (Å²) in [5.41, 5.74) is 8.23. The van der Waals surface area contributed by atoms with Crippen LogP contribution in [0.1, 0.15) is 24.1 Å². The molecule has 0 aliphatic carbocycles. The molecule has 0 bridgehead atoms. The molecule has 2 N–H and O–H groups in total. The van der Waals surface area contributed by atoms with Crippen LogP contribution in [-0.2, 0) is 12.8 Å². The van der Waals surface area contributed by atoms with Crippen LogP contribution < -0.4 is 15.4 Å². The van der Waals surface area contributed by atoms with Crippen molar-refractivity contribution in [1.82, 2.24) is 9.97 Å². The summed E-state index contributed by atoms with van der Waals surface area (Å²) in [6.07, 6.45) is 4.36. The Morgan fingerprint density at radius 3 is 2.87 bits per heavy atom. The number of nitrogens with zero attached hydrogens (tertiary/aromatic N) is 3. The Balaban J connectivity index is 1.51. The number of hydrogen-bond donors (Lipinski definition) is 1. The molecule has 0 unspecified atom stereocenters.